The Morgan fingerprint density at radius 2 is 1.38 bits per heavy atom. The van der Waals surface area contributed by atoms with Crippen molar-refractivity contribution in [2.75, 3.05) is 18.5 Å². The summed E-state index contributed by atoms with van der Waals surface area (Å²) in [7, 11) is 1.75. The minimum atomic E-state index is -1.15. The van der Waals surface area contributed by atoms with Gasteiger partial charge in [-0.3, -0.25) is 4.90 Å². The van der Waals surface area contributed by atoms with Crippen molar-refractivity contribution in [1.82, 2.24) is 14.7 Å². The van der Waals surface area contributed by atoms with Gasteiger partial charge in [0.25, 0.3) is 0 Å². The number of nitrogens with zero attached hydrogens (tertiary/aromatic N) is 4. The number of anilines is 2. The molecular weight excluding hydrogens is 492 g/mol. The molecule has 5 rings (SSSR count). The van der Waals surface area contributed by atoms with Crippen LogP contribution in [0, 0.1) is 0 Å². The van der Waals surface area contributed by atoms with Crippen molar-refractivity contribution in [2.24, 2.45) is 0 Å². The van der Waals surface area contributed by atoms with Crippen LogP contribution in [0.2, 0.25) is 0 Å². The van der Waals surface area contributed by atoms with Gasteiger partial charge in [-0.25, -0.2) is 14.4 Å². The quantitative estimate of drug-likeness (QED) is 0.469. The van der Waals surface area contributed by atoms with Crippen LogP contribution >= 0.6 is 0 Å². The van der Waals surface area contributed by atoms with Crippen molar-refractivity contribution in [3.05, 3.63) is 96.1 Å². The van der Waals surface area contributed by atoms with Gasteiger partial charge in [-0.15, -0.1) is 0 Å². The van der Waals surface area contributed by atoms with E-state index in [-0.39, 0.29) is 18.6 Å². The summed E-state index contributed by atoms with van der Waals surface area (Å²) in [5.41, 5.74) is 3.55. The van der Waals surface area contributed by atoms with Crippen LogP contribution in [0.5, 0.6) is 0 Å². The predicted octanol–water partition coefficient (Wildman–Crippen LogP) is 5.36. The Kier molecular flexibility index (Phi) is 7.54. The van der Waals surface area contributed by atoms with E-state index in [0.717, 1.165) is 12.0 Å². The number of aliphatic carboxylic acids is 1. The highest BCUT2D eigenvalue weighted by atomic mass is 16.4. The largest absolute Gasteiger partial charge is 0.480 e. The maximum atomic E-state index is 14.1. The first kappa shape index (κ1) is 26.3. The molecule has 8 nitrogen and oxygen atoms in total. The third kappa shape index (κ3) is 5.19. The highest BCUT2D eigenvalue weighted by Gasteiger charge is 2.54. The van der Waals surface area contributed by atoms with Crippen molar-refractivity contribution in [3.8, 4) is 0 Å². The molecule has 0 saturated carbocycles. The number of hydrogen-bond acceptors (Lipinski definition) is 3. The van der Waals surface area contributed by atoms with Crippen molar-refractivity contribution in [2.45, 2.75) is 50.9 Å². The summed E-state index contributed by atoms with van der Waals surface area (Å²) in [4.78, 5) is 46.8. The Morgan fingerprint density at radius 3 is 1.92 bits per heavy atom. The third-order valence-electron chi connectivity index (χ3n) is 7.77. The maximum Gasteiger partial charge on any atom is 0.329 e. The number of carboxylic acid groups (broad SMARTS) is 1. The Hall–Kier alpha value is -4.33. The van der Waals surface area contributed by atoms with Gasteiger partial charge in [-0.1, -0.05) is 67.6 Å². The number of carbonyl (C=O) groups is 3. The Bertz CT molecular complexity index is 1280. The Labute approximate surface area is 229 Å². The standard InChI is InChI=1S/C31H34N4O4/c1-3-22-14-16-23(17-15-22)20-32(2)30(38)35-26-18-19-27(35)28(29(36)37)33(21-26)31(39)34(24-10-6-4-7-11-24)25-12-8-5-9-13-25/h4-17,26-28H,3,18-21H2,1-2H3,(H,36,37)/t26-,27+,28-/m0/s1. The summed E-state index contributed by atoms with van der Waals surface area (Å²) in [6.45, 7) is 2.69. The zero-order valence-corrected chi connectivity index (χ0v) is 22.3. The number of para-hydroxylation sites is 2. The Morgan fingerprint density at radius 1 is 0.821 bits per heavy atom. The van der Waals surface area contributed by atoms with Gasteiger partial charge in [-0.05, 0) is 54.7 Å². The van der Waals surface area contributed by atoms with Gasteiger partial charge in [0, 0.05) is 20.1 Å². The molecule has 0 aliphatic carbocycles. The highest BCUT2D eigenvalue weighted by Crippen LogP contribution is 2.37. The molecule has 2 heterocycles. The van der Waals surface area contributed by atoms with Crippen LogP contribution in [0.4, 0.5) is 21.0 Å². The lowest BCUT2D eigenvalue weighted by Gasteiger charge is -2.47. The van der Waals surface area contributed by atoms with E-state index in [1.807, 2.05) is 72.8 Å². The van der Waals surface area contributed by atoms with Crippen LogP contribution in [-0.2, 0) is 17.8 Å². The van der Waals surface area contributed by atoms with E-state index in [9.17, 15) is 19.5 Å². The van der Waals surface area contributed by atoms with Gasteiger partial charge in [0.05, 0.1) is 23.5 Å². The van der Waals surface area contributed by atoms with Crippen LogP contribution < -0.4 is 4.90 Å². The maximum absolute atomic E-state index is 14.1. The molecule has 202 valence electrons. The van der Waals surface area contributed by atoms with Gasteiger partial charge in [0.15, 0.2) is 6.04 Å². The molecule has 2 bridgehead atoms. The SMILES string of the molecule is CCc1ccc(CN(C)C(=O)N2[C@H]3CC[C@@H]2[C@@H](C(=O)O)N(C(=O)N(c2ccccc2)c2ccccc2)C3)cc1. The van der Waals surface area contributed by atoms with Crippen LogP contribution in [-0.4, -0.2) is 69.6 Å². The minimum Gasteiger partial charge on any atom is -0.480 e. The first-order valence-corrected chi connectivity index (χ1v) is 13.4. The second-order valence-corrected chi connectivity index (χ2v) is 10.2. The van der Waals surface area contributed by atoms with Crippen molar-refractivity contribution in [1.29, 1.82) is 0 Å². The van der Waals surface area contributed by atoms with E-state index < -0.39 is 24.1 Å². The lowest BCUT2D eigenvalue weighted by Crippen LogP contribution is -2.67. The van der Waals surface area contributed by atoms with E-state index in [1.54, 1.807) is 21.7 Å². The second kappa shape index (κ2) is 11.2. The summed E-state index contributed by atoms with van der Waals surface area (Å²) in [5, 5.41) is 10.4. The number of likely N-dealkylation sites (tertiary alicyclic amines) is 1. The first-order valence-electron chi connectivity index (χ1n) is 13.4. The molecule has 2 saturated heterocycles. The molecule has 3 aromatic carbocycles. The third-order valence-corrected chi connectivity index (χ3v) is 7.77. The van der Waals surface area contributed by atoms with Crippen LogP contribution in [0.15, 0.2) is 84.9 Å². The second-order valence-electron chi connectivity index (χ2n) is 10.2. The fraction of sp³-hybridized carbons (Fsp3) is 0.323. The summed E-state index contributed by atoms with van der Waals surface area (Å²) >= 11 is 0. The lowest BCUT2D eigenvalue weighted by atomic mass is 10.0. The number of rotatable bonds is 6. The van der Waals surface area contributed by atoms with Crippen molar-refractivity contribution in [3.63, 3.8) is 0 Å². The van der Waals surface area contributed by atoms with Crippen molar-refractivity contribution >= 4 is 29.4 Å². The smallest absolute Gasteiger partial charge is 0.329 e. The molecule has 39 heavy (non-hydrogen) atoms. The molecule has 4 amide bonds. The van der Waals surface area contributed by atoms with Gasteiger partial charge in [-0.2, -0.15) is 0 Å². The molecule has 1 N–H and O–H groups in total. The average Bonchev–Trinajstić information content (AvgIpc) is 3.26. The predicted molar refractivity (Wildman–Crippen MR) is 150 cm³/mol. The number of urea groups is 2. The van der Waals surface area contributed by atoms with E-state index in [1.165, 1.54) is 10.5 Å². The molecule has 3 aromatic rings. The highest BCUT2D eigenvalue weighted by molar-refractivity contribution is 6.01. The molecule has 2 aliphatic rings. The summed E-state index contributed by atoms with van der Waals surface area (Å²) in [5.74, 6) is -1.11. The molecule has 3 atom stereocenters. The summed E-state index contributed by atoms with van der Waals surface area (Å²) in [6.07, 6.45) is 2.14. The van der Waals surface area contributed by atoms with Gasteiger partial charge < -0.3 is 19.8 Å². The van der Waals surface area contributed by atoms with E-state index in [4.69, 9.17) is 0 Å². The number of benzene rings is 3. The van der Waals surface area contributed by atoms with E-state index >= 15 is 0 Å². The molecule has 0 aromatic heterocycles. The fourth-order valence-corrected chi connectivity index (χ4v) is 5.81. The number of carbonyl (C=O) groups excluding carboxylic acids is 2. The minimum absolute atomic E-state index is 0.160. The van der Waals surface area contributed by atoms with E-state index in [2.05, 4.69) is 19.1 Å². The number of aryl methyl sites for hydroxylation is 1. The van der Waals surface area contributed by atoms with E-state index in [0.29, 0.717) is 30.8 Å². The zero-order chi connectivity index (χ0) is 27.5. The molecule has 0 unspecified atom stereocenters. The topological polar surface area (TPSA) is 84.4 Å². The van der Waals surface area contributed by atoms with Gasteiger partial charge in [0.2, 0.25) is 0 Å². The van der Waals surface area contributed by atoms with Crippen LogP contribution in [0.3, 0.4) is 0 Å². The monoisotopic (exact) mass is 526 g/mol. The number of piperazine rings is 1. The normalized spacial score (nSPS) is 20.0. The molecule has 0 radical (unpaired) electrons. The molecule has 8 heteroatoms. The average molecular weight is 527 g/mol. The number of fused-ring (bicyclic) bond motifs is 2. The summed E-state index contributed by atoms with van der Waals surface area (Å²) in [6, 6.07) is 24.0. The Balaban J connectivity index is 1.40. The van der Waals surface area contributed by atoms with Crippen molar-refractivity contribution < 1.29 is 19.5 Å². The molecule has 0 spiro atoms. The first-order chi connectivity index (χ1) is 18.9. The summed E-state index contributed by atoms with van der Waals surface area (Å²) < 4.78 is 0. The van der Waals surface area contributed by atoms with Crippen LogP contribution in [0.25, 0.3) is 0 Å². The molecule has 2 aliphatic heterocycles. The number of hydrogen-bond donors (Lipinski definition) is 1. The lowest BCUT2D eigenvalue weighted by molar-refractivity contribution is -0.145. The van der Waals surface area contributed by atoms with Gasteiger partial charge in [0.1, 0.15) is 0 Å². The molecular formula is C31H34N4O4. The molecule has 2 fully saturated rings. The number of carboxylic acids is 1. The zero-order valence-electron chi connectivity index (χ0n) is 22.3. The van der Waals surface area contributed by atoms with Gasteiger partial charge >= 0.3 is 18.0 Å². The number of amides is 4. The van der Waals surface area contributed by atoms with Crippen LogP contribution in [0.1, 0.15) is 30.9 Å². The fourth-order valence-electron chi connectivity index (χ4n) is 5.81.